The van der Waals surface area contributed by atoms with Crippen molar-refractivity contribution in [3.63, 3.8) is 0 Å². The van der Waals surface area contributed by atoms with E-state index >= 15 is 0 Å². The second-order valence-corrected chi connectivity index (χ2v) is 12.7. The quantitative estimate of drug-likeness (QED) is 0.204. The van der Waals surface area contributed by atoms with E-state index in [2.05, 4.69) is 184 Å². The van der Waals surface area contributed by atoms with Crippen LogP contribution in [0.3, 0.4) is 0 Å². The minimum Gasteiger partial charge on any atom is -0.310 e. The van der Waals surface area contributed by atoms with Crippen LogP contribution in [0.15, 0.2) is 152 Å². The molecule has 6 aromatic rings. The molecule has 1 aliphatic carbocycles. The molecule has 1 nitrogen and oxygen atoms in total. The number of anilines is 3. The number of hydrogen-bond donors (Lipinski definition) is 0. The van der Waals surface area contributed by atoms with E-state index in [-0.39, 0.29) is 10.8 Å². The molecule has 43 heavy (non-hydrogen) atoms. The van der Waals surface area contributed by atoms with E-state index in [9.17, 15) is 0 Å². The monoisotopic (exact) mass is 555 g/mol. The average Bonchev–Trinajstić information content (AvgIpc) is 3.05. The molecule has 6 aromatic carbocycles. The van der Waals surface area contributed by atoms with E-state index in [0.29, 0.717) is 0 Å². The first-order valence-electron chi connectivity index (χ1n) is 15.2. The van der Waals surface area contributed by atoms with Gasteiger partial charge in [-0.1, -0.05) is 137 Å². The molecule has 0 fully saturated rings. The summed E-state index contributed by atoms with van der Waals surface area (Å²) in [7, 11) is 0. The first-order chi connectivity index (χ1) is 20.9. The van der Waals surface area contributed by atoms with Crippen LogP contribution in [0.1, 0.15) is 38.8 Å². The summed E-state index contributed by atoms with van der Waals surface area (Å²) in [5, 5.41) is 0. The summed E-state index contributed by atoms with van der Waals surface area (Å²) in [5.74, 6) is 0. The van der Waals surface area contributed by atoms with Gasteiger partial charge in [0.2, 0.25) is 0 Å². The highest BCUT2D eigenvalue weighted by Crippen LogP contribution is 2.56. The molecule has 7 rings (SSSR count). The predicted molar refractivity (Wildman–Crippen MR) is 183 cm³/mol. The zero-order chi connectivity index (χ0) is 29.6. The Kier molecular flexibility index (Phi) is 6.55. The predicted octanol–water partition coefficient (Wildman–Crippen LogP) is 11.7. The third-order valence-corrected chi connectivity index (χ3v) is 9.79. The molecule has 1 heteroatoms. The van der Waals surface area contributed by atoms with Crippen LogP contribution < -0.4 is 4.90 Å². The topological polar surface area (TPSA) is 3.24 Å². The van der Waals surface area contributed by atoms with Gasteiger partial charge >= 0.3 is 0 Å². The molecule has 0 heterocycles. The van der Waals surface area contributed by atoms with Gasteiger partial charge in [-0.25, -0.2) is 0 Å². The van der Waals surface area contributed by atoms with Crippen LogP contribution >= 0.6 is 0 Å². The summed E-state index contributed by atoms with van der Waals surface area (Å²) in [6.45, 7) is 9.61. The molecule has 0 aromatic heterocycles. The third-order valence-electron chi connectivity index (χ3n) is 9.79. The number of fused-ring (bicyclic) bond motifs is 3. The van der Waals surface area contributed by atoms with Crippen molar-refractivity contribution in [2.75, 3.05) is 4.90 Å². The highest BCUT2D eigenvalue weighted by molar-refractivity contribution is 5.93. The van der Waals surface area contributed by atoms with E-state index in [1.807, 2.05) is 0 Å². The van der Waals surface area contributed by atoms with Crippen molar-refractivity contribution in [2.45, 2.75) is 38.5 Å². The van der Waals surface area contributed by atoms with E-state index in [1.54, 1.807) is 0 Å². The van der Waals surface area contributed by atoms with Gasteiger partial charge in [0.25, 0.3) is 0 Å². The maximum atomic E-state index is 2.41. The van der Waals surface area contributed by atoms with Crippen LogP contribution in [0, 0.1) is 0 Å². The minimum atomic E-state index is -0.0489. The van der Waals surface area contributed by atoms with Crippen molar-refractivity contribution in [2.24, 2.45) is 0 Å². The Morgan fingerprint density at radius 2 is 0.860 bits per heavy atom. The van der Waals surface area contributed by atoms with E-state index < -0.39 is 0 Å². The maximum Gasteiger partial charge on any atom is 0.0473 e. The molecule has 0 unspecified atom stereocenters. The summed E-state index contributed by atoms with van der Waals surface area (Å²) in [6.07, 6.45) is 0. The number of benzene rings is 6. The molecule has 0 saturated carbocycles. The molecular weight excluding hydrogens is 518 g/mol. The van der Waals surface area contributed by atoms with Crippen molar-refractivity contribution in [3.8, 4) is 33.4 Å². The van der Waals surface area contributed by atoms with Gasteiger partial charge in [0.15, 0.2) is 0 Å². The second kappa shape index (κ2) is 10.4. The highest BCUT2D eigenvalue weighted by atomic mass is 15.1. The van der Waals surface area contributed by atoms with Crippen LogP contribution in [0.4, 0.5) is 17.1 Å². The maximum absolute atomic E-state index is 2.41. The lowest BCUT2D eigenvalue weighted by atomic mass is 9.55. The van der Waals surface area contributed by atoms with Gasteiger partial charge in [0, 0.05) is 17.1 Å². The summed E-state index contributed by atoms with van der Waals surface area (Å²) in [6, 6.07) is 55.1. The number of nitrogens with zero attached hydrogens (tertiary/aromatic N) is 1. The van der Waals surface area contributed by atoms with Gasteiger partial charge in [-0.05, 0) is 97.8 Å². The minimum absolute atomic E-state index is 0.0102. The summed E-state index contributed by atoms with van der Waals surface area (Å²) in [4.78, 5) is 2.37. The average molecular weight is 556 g/mol. The zero-order valence-corrected chi connectivity index (χ0v) is 25.4. The number of rotatable bonds is 5. The molecule has 0 aliphatic heterocycles. The van der Waals surface area contributed by atoms with Gasteiger partial charge in [0.05, 0.1) is 0 Å². The van der Waals surface area contributed by atoms with Crippen LogP contribution in [0.2, 0.25) is 0 Å². The van der Waals surface area contributed by atoms with Crippen molar-refractivity contribution in [3.05, 3.63) is 163 Å². The van der Waals surface area contributed by atoms with Crippen molar-refractivity contribution in [1.29, 1.82) is 0 Å². The SMILES string of the molecule is CC1(C)c2ccccc2-c2c(-c3cc(-c4ccccc4)cc(N(c4ccccc4)c4ccccc4)c3)cccc2C1(C)C. The smallest absolute Gasteiger partial charge is 0.0473 e. The molecule has 0 saturated heterocycles. The normalized spacial score (nSPS) is 14.4. The van der Waals surface area contributed by atoms with Gasteiger partial charge in [-0.2, -0.15) is 0 Å². The van der Waals surface area contributed by atoms with Crippen LogP contribution in [0.5, 0.6) is 0 Å². The molecule has 0 atom stereocenters. The zero-order valence-electron chi connectivity index (χ0n) is 25.4. The molecule has 0 N–H and O–H groups in total. The Bertz CT molecular complexity index is 1860. The lowest BCUT2D eigenvalue weighted by Gasteiger charge is -2.48. The van der Waals surface area contributed by atoms with Gasteiger partial charge in [-0.15, -0.1) is 0 Å². The molecule has 210 valence electrons. The van der Waals surface area contributed by atoms with E-state index in [1.165, 1.54) is 44.5 Å². The van der Waals surface area contributed by atoms with Crippen LogP contribution in [-0.4, -0.2) is 0 Å². The molecule has 0 amide bonds. The van der Waals surface area contributed by atoms with Crippen molar-refractivity contribution in [1.82, 2.24) is 0 Å². The summed E-state index contributed by atoms with van der Waals surface area (Å²) >= 11 is 0. The second-order valence-electron chi connectivity index (χ2n) is 12.7. The molecule has 0 bridgehead atoms. The largest absolute Gasteiger partial charge is 0.310 e. The standard InChI is InChI=1S/C42H37N/c1-41(2)38-25-15-14-23-37(38)40-36(24-16-26-39(40)42(41,3)4)32-27-31(30-17-8-5-9-18-30)28-35(29-32)43(33-19-10-6-11-20-33)34-21-12-7-13-22-34/h5-29H,1-4H3. The molecular formula is C42H37N. The summed E-state index contributed by atoms with van der Waals surface area (Å²) < 4.78 is 0. The van der Waals surface area contributed by atoms with Gasteiger partial charge in [-0.3, -0.25) is 0 Å². The molecule has 0 spiro atoms. The van der Waals surface area contributed by atoms with Crippen LogP contribution in [0.25, 0.3) is 33.4 Å². The van der Waals surface area contributed by atoms with Gasteiger partial charge < -0.3 is 4.90 Å². The fraction of sp³-hybridized carbons (Fsp3) is 0.143. The molecule has 0 radical (unpaired) electrons. The lowest BCUT2D eigenvalue weighted by Crippen LogP contribution is -2.43. The Hall–Kier alpha value is -4.88. The fourth-order valence-corrected chi connectivity index (χ4v) is 6.82. The first kappa shape index (κ1) is 27.0. The number of hydrogen-bond acceptors (Lipinski definition) is 1. The van der Waals surface area contributed by atoms with Crippen molar-refractivity contribution >= 4 is 17.1 Å². The molecule has 1 aliphatic rings. The van der Waals surface area contributed by atoms with Gasteiger partial charge in [0.1, 0.15) is 0 Å². The first-order valence-corrected chi connectivity index (χ1v) is 15.2. The highest BCUT2D eigenvalue weighted by Gasteiger charge is 2.46. The van der Waals surface area contributed by atoms with E-state index in [0.717, 1.165) is 17.1 Å². The number of para-hydroxylation sites is 2. The third kappa shape index (κ3) is 4.48. The summed E-state index contributed by atoms with van der Waals surface area (Å²) in [5.41, 5.74) is 13.7. The Labute approximate surface area is 256 Å². The fourth-order valence-electron chi connectivity index (χ4n) is 6.82. The van der Waals surface area contributed by atoms with Crippen LogP contribution in [-0.2, 0) is 10.8 Å². The van der Waals surface area contributed by atoms with E-state index in [4.69, 9.17) is 0 Å². The van der Waals surface area contributed by atoms with Crippen molar-refractivity contribution < 1.29 is 0 Å². The Morgan fingerprint density at radius 3 is 1.51 bits per heavy atom. The Morgan fingerprint density at radius 1 is 0.372 bits per heavy atom. The Balaban J connectivity index is 1.53. The lowest BCUT2D eigenvalue weighted by molar-refractivity contribution is 0.299.